The van der Waals surface area contributed by atoms with Gasteiger partial charge in [-0.25, -0.2) is 22.2 Å². The molecule has 0 saturated heterocycles. The molecule has 0 saturated carbocycles. The highest BCUT2D eigenvalue weighted by molar-refractivity contribution is 7.93. The molecule has 0 aliphatic heterocycles. The number of hydrogen-bond acceptors (Lipinski definition) is 5. The fraction of sp³-hybridized carbons (Fsp3) is 0.0588. The van der Waals surface area contributed by atoms with Gasteiger partial charge in [-0.2, -0.15) is 0 Å². The van der Waals surface area contributed by atoms with Crippen LogP contribution in [0, 0.1) is 18.6 Å². The average molecular weight is 409 g/mol. The van der Waals surface area contributed by atoms with E-state index in [4.69, 9.17) is 0 Å². The fourth-order valence-electron chi connectivity index (χ4n) is 2.16. The van der Waals surface area contributed by atoms with Gasteiger partial charge < -0.3 is 5.32 Å². The molecule has 0 bridgehead atoms. The van der Waals surface area contributed by atoms with E-state index in [9.17, 15) is 22.0 Å². The largest absolute Gasteiger partial charge is 0.321 e. The molecule has 27 heavy (non-hydrogen) atoms. The Bertz CT molecular complexity index is 1080. The first-order valence-electron chi connectivity index (χ1n) is 7.57. The summed E-state index contributed by atoms with van der Waals surface area (Å²) in [6, 6.07) is 9.53. The monoisotopic (exact) mass is 409 g/mol. The zero-order valence-corrected chi connectivity index (χ0v) is 15.5. The Morgan fingerprint density at radius 1 is 1.00 bits per heavy atom. The summed E-state index contributed by atoms with van der Waals surface area (Å²) < 4.78 is 52.8. The van der Waals surface area contributed by atoms with Crippen LogP contribution in [0.25, 0.3) is 0 Å². The molecule has 10 heteroatoms. The molecule has 0 spiro atoms. The zero-order chi connectivity index (χ0) is 19.6. The highest BCUT2D eigenvalue weighted by Crippen LogP contribution is 2.26. The van der Waals surface area contributed by atoms with E-state index in [1.807, 2.05) is 0 Å². The molecule has 1 aromatic heterocycles. The van der Waals surface area contributed by atoms with E-state index >= 15 is 0 Å². The van der Waals surface area contributed by atoms with Gasteiger partial charge in [0.25, 0.3) is 15.9 Å². The summed E-state index contributed by atoms with van der Waals surface area (Å²) >= 11 is 0.853. The van der Waals surface area contributed by atoms with E-state index in [0.717, 1.165) is 35.6 Å². The first kappa shape index (κ1) is 18.9. The van der Waals surface area contributed by atoms with Gasteiger partial charge in [-0.3, -0.25) is 9.52 Å². The Balaban J connectivity index is 1.78. The summed E-state index contributed by atoms with van der Waals surface area (Å²) in [5, 5.41) is 2.59. The number of aryl methyl sites for hydroxylation is 1. The van der Waals surface area contributed by atoms with Crippen molar-refractivity contribution < 1.29 is 22.0 Å². The highest BCUT2D eigenvalue weighted by atomic mass is 32.2. The molecule has 3 rings (SSSR count). The molecular weight excluding hydrogens is 396 g/mol. The van der Waals surface area contributed by atoms with Gasteiger partial charge >= 0.3 is 0 Å². The molecule has 0 atom stereocenters. The van der Waals surface area contributed by atoms with E-state index in [1.165, 1.54) is 24.3 Å². The Labute approximate surface area is 157 Å². The molecule has 0 unspecified atom stereocenters. The first-order chi connectivity index (χ1) is 12.7. The maximum atomic E-state index is 13.0. The number of carbonyl (C=O) groups is 1. The highest BCUT2D eigenvalue weighted by Gasteiger charge is 2.20. The number of benzene rings is 2. The van der Waals surface area contributed by atoms with Crippen LogP contribution in [-0.2, 0) is 10.0 Å². The minimum absolute atomic E-state index is 0.00100. The van der Waals surface area contributed by atoms with Crippen molar-refractivity contribution in [2.24, 2.45) is 0 Å². The quantitative estimate of drug-likeness (QED) is 0.671. The van der Waals surface area contributed by atoms with E-state index in [-0.39, 0.29) is 14.9 Å². The Hall–Kier alpha value is -2.85. The lowest BCUT2D eigenvalue weighted by Crippen LogP contribution is -2.12. The number of amides is 1. The summed E-state index contributed by atoms with van der Waals surface area (Å²) in [6.07, 6.45) is 0. The van der Waals surface area contributed by atoms with E-state index in [0.29, 0.717) is 11.4 Å². The molecule has 3 aromatic rings. The lowest BCUT2D eigenvalue weighted by molar-refractivity contribution is 0.102. The molecule has 0 aliphatic carbocycles. The van der Waals surface area contributed by atoms with Gasteiger partial charge in [0.2, 0.25) is 0 Å². The SMILES string of the molecule is Cc1nc(NS(=O)(=O)c2ccc(F)cc2)sc1C(=O)Nc1ccc(F)cc1. The summed E-state index contributed by atoms with van der Waals surface area (Å²) in [5.74, 6) is -1.48. The zero-order valence-electron chi connectivity index (χ0n) is 13.9. The second kappa shape index (κ2) is 7.41. The van der Waals surface area contributed by atoms with Crippen LogP contribution >= 0.6 is 11.3 Å². The topological polar surface area (TPSA) is 88.2 Å². The Kier molecular flexibility index (Phi) is 5.19. The van der Waals surface area contributed by atoms with Gasteiger partial charge in [0.05, 0.1) is 10.6 Å². The summed E-state index contributed by atoms with van der Waals surface area (Å²) in [6.45, 7) is 1.56. The summed E-state index contributed by atoms with van der Waals surface area (Å²) in [5.41, 5.74) is 0.721. The molecule has 0 fully saturated rings. The van der Waals surface area contributed by atoms with Gasteiger partial charge in [-0.1, -0.05) is 11.3 Å². The number of sulfonamides is 1. The molecule has 2 N–H and O–H groups in total. The third-order valence-corrected chi connectivity index (χ3v) is 6.01. The van der Waals surface area contributed by atoms with Crippen LogP contribution in [0.4, 0.5) is 19.6 Å². The molecule has 2 aromatic carbocycles. The van der Waals surface area contributed by atoms with Crippen LogP contribution in [-0.4, -0.2) is 19.3 Å². The van der Waals surface area contributed by atoms with E-state index < -0.39 is 27.6 Å². The first-order valence-corrected chi connectivity index (χ1v) is 9.87. The number of carbonyl (C=O) groups excluding carboxylic acids is 1. The Morgan fingerprint density at radius 3 is 2.15 bits per heavy atom. The molecule has 0 aliphatic rings. The van der Waals surface area contributed by atoms with Crippen LogP contribution in [0.2, 0.25) is 0 Å². The van der Waals surface area contributed by atoms with Gasteiger partial charge in [0.15, 0.2) is 5.13 Å². The van der Waals surface area contributed by atoms with E-state index in [2.05, 4.69) is 15.0 Å². The smallest absolute Gasteiger partial charge is 0.267 e. The molecule has 1 heterocycles. The number of nitrogens with one attached hydrogen (secondary N) is 2. The fourth-order valence-corrected chi connectivity index (χ4v) is 4.26. The normalized spacial score (nSPS) is 11.2. The Morgan fingerprint density at radius 2 is 1.56 bits per heavy atom. The van der Waals surface area contributed by atoms with Crippen LogP contribution < -0.4 is 10.0 Å². The minimum atomic E-state index is -3.96. The number of anilines is 2. The van der Waals surface area contributed by atoms with Gasteiger partial charge in [-0.15, -0.1) is 0 Å². The van der Waals surface area contributed by atoms with Crippen molar-refractivity contribution in [2.75, 3.05) is 10.0 Å². The van der Waals surface area contributed by atoms with Crippen LogP contribution in [0.1, 0.15) is 15.4 Å². The van der Waals surface area contributed by atoms with Crippen LogP contribution in [0.5, 0.6) is 0 Å². The van der Waals surface area contributed by atoms with Crippen LogP contribution in [0.15, 0.2) is 53.4 Å². The number of rotatable bonds is 5. The second-order valence-corrected chi connectivity index (χ2v) is 8.14. The molecular formula is C17H13F2N3O3S2. The number of aromatic nitrogens is 1. The van der Waals surface area contributed by atoms with Crippen LogP contribution in [0.3, 0.4) is 0 Å². The van der Waals surface area contributed by atoms with Crippen molar-refractivity contribution in [1.29, 1.82) is 0 Å². The molecule has 1 amide bonds. The number of hydrogen-bond donors (Lipinski definition) is 2. The van der Waals surface area contributed by atoms with Gasteiger partial charge in [0, 0.05) is 5.69 Å². The van der Waals surface area contributed by atoms with Crippen molar-refractivity contribution >= 4 is 38.1 Å². The van der Waals surface area contributed by atoms with Crippen molar-refractivity contribution in [3.63, 3.8) is 0 Å². The van der Waals surface area contributed by atoms with Gasteiger partial charge in [-0.05, 0) is 55.5 Å². The number of thiazole rings is 1. The molecule has 140 valence electrons. The van der Waals surface area contributed by atoms with E-state index in [1.54, 1.807) is 6.92 Å². The standard InChI is InChI=1S/C17H13F2N3O3S2/c1-10-15(16(23)21-13-6-2-11(18)3-7-13)26-17(20-10)22-27(24,25)14-8-4-12(19)5-9-14/h2-9H,1H3,(H,20,22)(H,21,23). The van der Waals surface area contributed by atoms with Gasteiger partial charge in [0.1, 0.15) is 16.5 Å². The average Bonchev–Trinajstić information content (AvgIpc) is 2.97. The molecule has 6 nitrogen and oxygen atoms in total. The number of nitrogens with zero attached hydrogens (tertiary/aromatic N) is 1. The minimum Gasteiger partial charge on any atom is -0.321 e. The van der Waals surface area contributed by atoms with Crippen molar-refractivity contribution in [3.8, 4) is 0 Å². The van der Waals surface area contributed by atoms with Crippen molar-refractivity contribution in [3.05, 3.63) is 70.7 Å². The third-order valence-electron chi connectivity index (χ3n) is 3.45. The maximum Gasteiger partial charge on any atom is 0.267 e. The maximum absolute atomic E-state index is 13.0. The predicted molar refractivity (Wildman–Crippen MR) is 98.4 cm³/mol. The van der Waals surface area contributed by atoms with Crippen molar-refractivity contribution in [1.82, 2.24) is 4.98 Å². The lowest BCUT2D eigenvalue weighted by Gasteiger charge is -2.04. The summed E-state index contributed by atoms with van der Waals surface area (Å²) in [4.78, 5) is 16.5. The molecule has 0 radical (unpaired) electrons. The summed E-state index contributed by atoms with van der Waals surface area (Å²) in [7, 11) is -3.96. The third kappa shape index (κ3) is 4.47. The second-order valence-electron chi connectivity index (χ2n) is 5.45. The lowest BCUT2D eigenvalue weighted by atomic mass is 10.3. The van der Waals surface area contributed by atoms with Crippen molar-refractivity contribution in [2.45, 2.75) is 11.8 Å². The number of halogens is 2. The predicted octanol–water partition coefficient (Wildman–Crippen LogP) is 3.78.